The molecule has 0 aliphatic carbocycles. The summed E-state index contributed by atoms with van der Waals surface area (Å²) < 4.78 is 7.07. The first-order valence-electron chi connectivity index (χ1n) is 9.19. The number of aryl methyl sites for hydroxylation is 2. The molecule has 28 heavy (non-hydrogen) atoms. The second-order valence-corrected chi connectivity index (χ2v) is 6.73. The number of methoxy groups -OCH3 is 1. The highest BCUT2D eigenvalue weighted by Gasteiger charge is 2.14. The number of benzene rings is 2. The van der Waals surface area contributed by atoms with E-state index in [0.717, 1.165) is 28.4 Å². The Morgan fingerprint density at radius 1 is 1.11 bits per heavy atom. The zero-order valence-corrected chi connectivity index (χ0v) is 16.7. The van der Waals surface area contributed by atoms with E-state index in [-0.39, 0.29) is 5.91 Å². The summed E-state index contributed by atoms with van der Waals surface area (Å²) >= 11 is 0. The molecule has 1 amide bonds. The maximum atomic E-state index is 12.4. The third-order valence-corrected chi connectivity index (χ3v) is 4.75. The van der Waals surface area contributed by atoms with Crippen molar-refractivity contribution in [3.05, 3.63) is 82.7 Å². The minimum atomic E-state index is -0.183. The molecule has 0 unspecified atom stereocenters. The average molecular weight is 375 g/mol. The molecule has 2 aromatic carbocycles. The number of hydrogen-bond donors (Lipinski definition) is 1. The number of amides is 1. The van der Waals surface area contributed by atoms with Gasteiger partial charge in [-0.05, 0) is 55.7 Å². The number of aromatic nitrogens is 2. The van der Waals surface area contributed by atoms with Gasteiger partial charge in [-0.25, -0.2) is 0 Å². The quantitative estimate of drug-likeness (QED) is 0.645. The van der Waals surface area contributed by atoms with Crippen LogP contribution < -0.4 is 10.1 Å². The Bertz CT molecular complexity index is 1000. The van der Waals surface area contributed by atoms with Crippen LogP contribution in [0.1, 0.15) is 28.1 Å². The molecular formula is C23H25N3O2. The van der Waals surface area contributed by atoms with Crippen molar-refractivity contribution in [3.8, 4) is 5.75 Å². The third kappa shape index (κ3) is 4.49. The van der Waals surface area contributed by atoms with Gasteiger partial charge in [0.2, 0.25) is 5.91 Å². The number of carbonyl (C=O) groups excluding carboxylic acids is 1. The third-order valence-electron chi connectivity index (χ3n) is 4.75. The van der Waals surface area contributed by atoms with Crippen molar-refractivity contribution in [2.45, 2.75) is 27.3 Å². The molecular weight excluding hydrogens is 350 g/mol. The van der Waals surface area contributed by atoms with E-state index in [0.29, 0.717) is 6.54 Å². The Morgan fingerprint density at radius 2 is 1.82 bits per heavy atom. The maximum absolute atomic E-state index is 12.4. The van der Waals surface area contributed by atoms with E-state index in [1.54, 1.807) is 13.2 Å². The molecule has 0 bridgehead atoms. The van der Waals surface area contributed by atoms with Gasteiger partial charge in [-0.2, -0.15) is 5.10 Å². The van der Waals surface area contributed by atoms with Crippen LogP contribution in [-0.4, -0.2) is 22.8 Å². The summed E-state index contributed by atoms with van der Waals surface area (Å²) in [7, 11) is 1.63. The number of ether oxygens (including phenoxy) is 1. The fourth-order valence-corrected chi connectivity index (χ4v) is 3.03. The topological polar surface area (TPSA) is 56.1 Å². The molecule has 1 heterocycles. The second kappa shape index (κ2) is 8.57. The fraction of sp³-hybridized carbons (Fsp3) is 0.217. The zero-order chi connectivity index (χ0) is 20.1. The summed E-state index contributed by atoms with van der Waals surface area (Å²) in [6, 6.07) is 15.8. The van der Waals surface area contributed by atoms with Crippen LogP contribution in [0.5, 0.6) is 5.75 Å². The normalized spacial score (nSPS) is 11.0. The smallest absolute Gasteiger partial charge is 0.248 e. The second-order valence-electron chi connectivity index (χ2n) is 6.73. The minimum Gasteiger partial charge on any atom is -0.497 e. The molecule has 0 aliphatic heterocycles. The van der Waals surface area contributed by atoms with Crippen molar-refractivity contribution in [2.75, 3.05) is 12.4 Å². The van der Waals surface area contributed by atoms with Gasteiger partial charge < -0.3 is 10.1 Å². The highest BCUT2D eigenvalue weighted by atomic mass is 16.5. The predicted octanol–water partition coefficient (Wildman–Crippen LogP) is 4.52. The maximum Gasteiger partial charge on any atom is 0.248 e. The van der Waals surface area contributed by atoms with E-state index in [1.807, 2.05) is 54.9 Å². The lowest BCUT2D eigenvalue weighted by molar-refractivity contribution is -0.111. The number of hydrogen-bond acceptors (Lipinski definition) is 3. The van der Waals surface area contributed by atoms with Gasteiger partial charge in [0.25, 0.3) is 0 Å². The van der Waals surface area contributed by atoms with E-state index < -0.39 is 0 Å². The lowest BCUT2D eigenvalue weighted by Gasteiger charge is -2.08. The number of nitrogens with one attached hydrogen (secondary N) is 1. The Kier molecular flexibility index (Phi) is 5.94. The highest BCUT2D eigenvalue weighted by molar-refractivity contribution is 6.02. The van der Waals surface area contributed by atoms with Crippen molar-refractivity contribution in [2.24, 2.45) is 0 Å². The molecule has 0 spiro atoms. The molecule has 0 saturated carbocycles. The lowest BCUT2D eigenvalue weighted by Crippen LogP contribution is -2.10. The Labute approximate surface area is 165 Å². The van der Waals surface area contributed by atoms with Crippen LogP contribution in [0.15, 0.2) is 54.6 Å². The largest absolute Gasteiger partial charge is 0.497 e. The number of carbonyl (C=O) groups is 1. The van der Waals surface area contributed by atoms with E-state index in [9.17, 15) is 4.79 Å². The fourth-order valence-electron chi connectivity index (χ4n) is 3.03. The van der Waals surface area contributed by atoms with E-state index in [2.05, 4.69) is 29.5 Å². The first-order chi connectivity index (χ1) is 13.5. The Morgan fingerprint density at radius 3 is 2.50 bits per heavy atom. The molecule has 1 aromatic heterocycles. The Hall–Kier alpha value is -3.34. The molecule has 0 saturated heterocycles. The van der Waals surface area contributed by atoms with Gasteiger partial charge in [0.05, 0.1) is 30.7 Å². The van der Waals surface area contributed by atoms with Crippen molar-refractivity contribution in [1.82, 2.24) is 9.78 Å². The van der Waals surface area contributed by atoms with Crippen LogP contribution in [0.2, 0.25) is 0 Å². The zero-order valence-electron chi connectivity index (χ0n) is 16.7. The number of anilines is 1. The van der Waals surface area contributed by atoms with Crippen LogP contribution in [0.25, 0.3) is 6.08 Å². The highest BCUT2D eigenvalue weighted by Crippen LogP contribution is 2.21. The molecule has 3 aromatic rings. The van der Waals surface area contributed by atoms with Crippen LogP contribution >= 0.6 is 0 Å². The van der Waals surface area contributed by atoms with Crippen molar-refractivity contribution in [1.29, 1.82) is 0 Å². The lowest BCUT2D eigenvalue weighted by atomic mass is 10.1. The first-order valence-corrected chi connectivity index (χ1v) is 9.19. The minimum absolute atomic E-state index is 0.183. The van der Waals surface area contributed by atoms with Gasteiger partial charge in [-0.3, -0.25) is 9.48 Å². The van der Waals surface area contributed by atoms with Crippen molar-refractivity contribution >= 4 is 17.7 Å². The van der Waals surface area contributed by atoms with Gasteiger partial charge in [0.1, 0.15) is 5.75 Å². The average Bonchev–Trinajstić information content (AvgIpc) is 2.96. The SMILES string of the molecule is COc1ccc(C=CC(=O)Nc2c(C)nn(Cc3ccccc3C)c2C)cc1. The van der Waals surface area contributed by atoms with E-state index in [1.165, 1.54) is 17.2 Å². The monoisotopic (exact) mass is 375 g/mol. The predicted molar refractivity (Wildman–Crippen MR) is 113 cm³/mol. The van der Waals surface area contributed by atoms with Crippen LogP contribution in [0.4, 0.5) is 5.69 Å². The summed E-state index contributed by atoms with van der Waals surface area (Å²) in [4.78, 5) is 12.4. The van der Waals surface area contributed by atoms with Crippen molar-refractivity contribution < 1.29 is 9.53 Å². The molecule has 5 nitrogen and oxygen atoms in total. The van der Waals surface area contributed by atoms with Crippen molar-refractivity contribution in [3.63, 3.8) is 0 Å². The summed E-state index contributed by atoms with van der Waals surface area (Å²) in [6.45, 7) is 6.65. The molecule has 0 aliphatic rings. The van der Waals surface area contributed by atoms with Gasteiger partial charge >= 0.3 is 0 Å². The van der Waals surface area contributed by atoms with E-state index in [4.69, 9.17) is 4.74 Å². The summed E-state index contributed by atoms with van der Waals surface area (Å²) in [5.74, 6) is 0.603. The van der Waals surface area contributed by atoms with Gasteiger partial charge in [0, 0.05) is 6.08 Å². The standard InChI is InChI=1S/C23H25N3O2/c1-16-7-5-6-8-20(16)15-26-18(3)23(17(2)25-26)24-22(27)14-11-19-9-12-21(28-4)13-10-19/h5-14H,15H2,1-4H3,(H,24,27). The number of nitrogens with zero attached hydrogens (tertiary/aromatic N) is 2. The summed E-state index contributed by atoms with van der Waals surface area (Å²) in [5.41, 5.74) is 5.87. The molecule has 3 rings (SSSR count). The van der Waals surface area contributed by atoms with Crippen LogP contribution in [0.3, 0.4) is 0 Å². The summed E-state index contributed by atoms with van der Waals surface area (Å²) in [6.07, 6.45) is 3.30. The van der Waals surface area contributed by atoms with Crippen LogP contribution in [-0.2, 0) is 11.3 Å². The molecule has 144 valence electrons. The summed E-state index contributed by atoms with van der Waals surface area (Å²) in [5, 5.41) is 7.56. The van der Waals surface area contributed by atoms with Crippen LogP contribution in [0, 0.1) is 20.8 Å². The number of rotatable bonds is 6. The first kappa shape index (κ1) is 19.4. The molecule has 1 N–H and O–H groups in total. The van der Waals surface area contributed by atoms with Gasteiger partial charge in [-0.1, -0.05) is 36.4 Å². The molecule has 5 heteroatoms. The molecule has 0 fully saturated rings. The van der Waals surface area contributed by atoms with E-state index >= 15 is 0 Å². The Balaban J connectivity index is 1.71. The molecule has 0 radical (unpaired) electrons. The molecule has 0 atom stereocenters. The van der Waals surface area contributed by atoms with Gasteiger partial charge in [0.15, 0.2) is 0 Å². The van der Waals surface area contributed by atoms with Gasteiger partial charge in [-0.15, -0.1) is 0 Å².